The maximum Gasteiger partial charge on any atom is 0.0976 e. The molecule has 1 aromatic carbocycles. The summed E-state index contributed by atoms with van der Waals surface area (Å²) in [6.45, 7) is 3.28. The fraction of sp³-hybridized carbons (Fsp3) is 0.471. The lowest BCUT2D eigenvalue weighted by Crippen LogP contribution is -2.25. The van der Waals surface area contributed by atoms with Crippen LogP contribution in [0.25, 0.3) is 0 Å². The average molecular weight is 321 g/mol. The topological polar surface area (TPSA) is 24.9 Å². The van der Waals surface area contributed by atoms with Gasteiger partial charge in [0.15, 0.2) is 0 Å². The van der Waals surface area contributed by atoms with Crippen molar-refractivity contribution in [1.82, 2.24) is 10.3 Å². The molecule has 2 aromatic rings. The van der Waals surface area contributed by atoms with Crippen molar-refractivity contribution in [1.29, 1.82) is 0 Å². The Morgan fingerprint density at radius 1 is 1.38 bits per heavy atom. The third-order valence-corrected chi connectivity index (χ3v) is 5.44. The van der Waals surface area contributed by atoms with E-state index in [2.05, 4.69) is 18.3 Å². The Hall–Kier alpha value is -0.900. The van der Waals surface area contributed by atoms with Crippen LogP contribution in [0, 0.1) is 0 Å². The number of aryl methyl sites for hydroxylation is 1. The van der Waals surface area contributed by atoms with Crippen molar-refractivity contribution in [3.63, 3.8) is 0 Å². The molecule has 0 fully saturated rings. The minimum atomic E-state index is 0.449. The molecule has 0 bridgehead atoms. The van der Waals surface area contributed by atoms with Crippen LogP contribution in [0.5, 0.6) is 0 Å². The second-order valence-corrected chi connectivity index (χ2v) is 7.16. The van der Waals surface area contributed by atoms with Gasteiger partial charge in [0.25, 0.3) is 0 Å². The van der Waals surface area contributed by atoms with Crippen molar-refractivity contribution in [3.8, 4) is 0 Å². The molecule has 4 heteroatoms. The number of rotatable bonds is 5. The molecule has 0 spiro atoms. The van der Waals surface area contributed by atoms with Crippen molar-refractivity contribution in [2.45, 2.75) is 45.1 Å². The first-order chi connectivity index (χ1) is 10.3. The number of thiazole rings is 1. The van der Waals surface area contributed by atoms with Gasteiger partial charge in [-0.25, -0.2) is 4.98 Å². The highest BCUT2D eigenvalue weighted by molar-refractivity contribution is 7.11. The van der Waals surface area contributed by atoms with Crippen molar-refractivity contribution < 1.29 is 0 Å². The van der Waals surface area contributed by atoms with E-state index in [9.17, 15) is 0 Å². The fourth-order valence-corrected chi connectivity index (χ4v) is 4.26. The molecule has 3 rings (SSSR count). The number of halogens is 1. The van der Waals surface area contributed by atoms with Crippen LogP contribution in [0.4, 0.5) is 0 Å². The predicted octanol–water partition coefficient (Wildman–Crippen LogP) is 4.76. The van der Waals surface area contributed by atoms with Crippen LogP contribution in [0.15, 0.2) is 24.3 Å². The summed E-state index contributed by atoms with van der Waals surface area (Å²) in [4.78, 5) is 6.39. The molecule has 1 N–H and O–H groups in total. The zero-order chi connectivity index (χ0) is 14.7. The number of nitrogens with zero attached hydrogens (tertiary/aromatic N) is 1. The van der Waals surface area contributed by atoms with Crippen LogP contribution in [0.1, 0.15) is 53.4 Å². The Kier molecular flexibility index (Phi) is 4.94. The van der Waals surface area contributed by atoms with Crippen molar-refractivity contribution >= 4 is 22.9 Å². The Morgan fingerprint density at radius 3 is 3.05 bits per heavy atom. The van der Waals surface area contributed by atoms with E-state index in [1.807, 2.05) is 29.5 Å². The van der Waals surface area contributed by atoms with Gasteiger partial charge in [0.05, 0.1) is 16.7 Å². The number of benzene rings is 1. The summed E-state index contributed by atoms with van der Waals surface area (Å²) in [6.07, 6.45) is 5.67. The Balaban J connectivity index is 1.80. The van der Waals surface area contributed by atoms with Gasteiger partial charge in [-0.2, -0.15) is 0 Å². The normalized spacial score (nSPS) is 17.7. The van der Waals surface area contributed by atoms with E-state index in [1.54, 1.807) is 0 Å². The SMILES string of the molecule is CCCNC1CCCc2sc(Cc3ccccc3Cl)nc21. The van der Waals surface area contributed by atoms with E-state index < -0.39 is 0 Å². The van der Waals surface area contributed by atoms with Crippen LogP contribution in [-0.4, -0.2) is 11.5 Å². The molecule has 1 unspecified atom stereocenters. The van der Waals surface area contributed by atoms with Gasteiger partial charge >= 0.3 is 0 Å². The first-order valence-corrected chi connectivity index (χ1v) is 8.92. The second-order valence-electron chi connectivity index (χ2n) is 5.58. The minimum Gasteiger partial charge on any atom is -0.309 e. The van der Waals surface area contributed by atoms with Gasteiger partial charge in [0.1, 0.15) is 0 Å². The second kappa shape index (κ2) is 6.91. The fourth-order valence-electron chi connectivity index (χ4n) is 2.87. The lowest BCUT2D eigenvalue weighted by Gasteiger charge is -2.22. The van der Waals surface area contributed by atoms with Crippen LogP contribution >= 0.6 is 22.9 Å². The maximum absolute atomic E-state index is 6.26. The van der Waals surface area contributed by atoms with E-state index in [0.717, 1.165) is 18.0 Å². The van der Waals surface area contributed by atoms with Gasteiger partial charge in [-0.15, -0.1) is 11.3 Å². The molecule has 0 saturated carbocycles. The highest BCUT2D eigenvalue weighted by atomic mass is 35.5. The molecular weight excluding hydrogens is 300 g/mol. The first kappa shape index (κ1) is 15.0. The predicted molar refractivity (Wildman–Crippen MR) is 90.3 cm³/mol. The third kappa shape index (κ3) is 3.47. The minimum absolute atomic E-state index is 0.449. The van der Waals surface area contributed by atoms with E-state index in [1.165, 1.54) is 46.8 Å². The van der Waals surface area contributed by atoms with Crippen molar-refractivity contribution in [3.05, 3.63) is 50.4 Å². The van der Waals surface area contributed by atoms with Gasteiger partial charge in [-0.05, 0) is 43.9 Å². The van der Waals surface area contributed by atoms with Crippen LogP contribution < -0.4 is 5.32 Å². The zero-order valence-electron chi connectivity index (χ0n) is 12.4. The number of fused-ring (bicyclic) bond motifs is 1. The van der Waals surface area contributed by atoms with E-state index in [-0.39, 0.29) is 0 Å². The molecule has 1 aliphatic carbocycles. The molecule has 1 atom stereocenters. The highest BCUT2D eigenvalue weighted by Gasteiger charge is 2.24. The number of aromatic nitrogens is 1. The molecule has 1 heterocycles. The largest absolute Gasteiger partial charge is 0.309 e. The van der Waals surface area contributed by atoms with Crippen molar-refractivity contribution in [2.75, 3.05) is 6.54 Å². The maximum atomic E-state index is 6.26. The molecule has 0 amide bonds. The number of nitrogens with one attached hydrogen (secondary N) is 1. The summed E-state index contributed by atoms with van der Waals surface area (Å²) in [7, 11) is 0. The molecule has 1 aromatic heterocycles. The quantitative estimate of drug-likeness (QED) is 0.858. The highest BCUT2D eigenvalue weighted by Crippen LogP contribution is 2.34. The van der Waals surface area contributed by atoms with E-state index in [4.69, 9.17) is 16.6 Å². The van der Waals surface area contributed by atoms with Crippen LogP contribution in [0.3, 0.4) is 0 Å². The number of hydrogen-bond donors (Lipinski definition) is 1. The first-order valence-electron chi connectivity index (χ1n) is 7.73. The lowest BCUT2D eigenvalue weighted by atomic mass is 9.97. The van der Waals surface area contributed by atoms with Gasteiger partial charge in [0, 0.05) is 16.3 Å². The summed E-state index contributed by atoms with van der Waals surface area (Å²) >= 11 is 8.13. The van der Waals surface area contributed by atoms with Crippen molar-refractivity contribution in [2.24, 2.45) is 0 Å². The molecule has 2 nitrogen and oxygen atoms in total. The van der Waals surface area contributed by atoms with Gasteiger partial charge in [0.2, 0.25) is 0 Å². The third-order valence-electron chi connectivity index (χ3n) is 3.94. The summed E-state index contributed by atoms with van der Waals surface area (Å²) in [6, 6.07) is 8.51. The molecule has 0 saturated heterocycles. The van der Waals surface area contributed by atoms with Crippen LogP contribution in [0.2, 0.25) is 5.02 Å². The molecule has 21 heavy (non-hydrogen) atoms. The van der Waals surface area contributed by atoms with E-state index in [0.29, 0.717) is 6.04 Å². The molecular formula is C17H21ClN2S. The molecule has 0 aliphatic heterocycles. The van der Waals surface area contributed by atoms with Gasteiger partial charge in [-0.3, -0.25) is 0 Å². The lowest BCUT2D eigenvalue weighted by molar-refractivity contribution is 0.454. The van der Waals surface area contributed by atoms with Gasteiger partial charge in [-0.1, -0.05) is 36.7 Å². The van der Waals surface area contributed by atoms with Crippen LogP contribution in [-0.2, 0) is 12.8 Å². The number of hydrogen-bond acceptors (Lipinski definition) is 3. The average Bonchev–Trinajstić information content (AvgIpc) is 2.90. The Bertz CT molecular complexity index is 609. The molecule has 112 valence electrons. The standard InChI is InChI=1S/C17H21ClN2S/c1-2-10-19-14-8-5-9-15-17(14)20-16(21-15)11-12-6-3-4-7-13(12)18/h3-4,6-7,14,19H,2,5,8-11H2,1H3. The summed E-state index contributed by atoms with van der Waals surface area (Å²) in [5, 5.41) is 5.67. The molecule has 0 radical (unpaired) electrons. The Labute approximate surface area is 135 Å². The monoisotopic (exact) mass is 320 g/mol. The summed E-state index contributed by atoms with van der Waals surface area (Å²) < 4.78 is 0. The van der Waals surface area contributed by atoms with E-state index >= 15 is 0 Å². The summed E-state index contributed by atoms with van der Waals surface area (Å²) in [5.41, 5.74) is 2.46. The van der Waals surface area contributed by atoms with Gasteiger partial charge < -0.3 is 5.32 Å². The smallest absolute Gasteiger partial charge is 0.0976 e. The zero-order valence-corrected chi connectivity index (χ0v) is 13.9. The molecule has 1 aliphatic rings. The summed E-state index contributed by atoms with van der Waals surface area (Å²) in [5.74, 6) is 0. The Morgan fingerprint density at radius 2 is 2.24 bits per heavy atom.